The topological polar surface area (TPSA) is 94.8 Å². The summed E-state index contributed by atoms with van der Waals surface area (Å²) in [6.07, 6.45) is 0. The van der Waals surface area contributed by atoms with Crippen LogP contribution in [0.25, 0.3) is 10.8 Å². The Hall–Kier alpha value is -2.56. The SMILES string of the molecule is O=C(O)c1cc(C(=O)O)c2ccc(O)cc2c1. The van der Waals surface area contributed by atoms with E-state index in [1.54, 1.807) is 0 Å². The predicted molar refractivity (Wildman–Crippen MR) is 59.5 cm³/mol. The highest BCUT2D eigenvalue weighted by molar-refractivity contribution is 6.07. The summed E-state index contributed by atoms with van der Waals surface area (Å²) in [7, 11) is 0. The number of hydrogen-bond donors (Lipinski definition) is 3. The number of fused-ring (bicyclic) bond motifs is 1. The van der Waals surface area contributed by atoms with Gasteiger partial charge in [-0.1, -0.05) is 0 Å². The van der Waals surface area contributed by atoms with Crippen LogP contribution in [-0.2, 0) is 0 Å². The van der Waals surface area contributed by atoms with Crippen LogP contribution in [-0.4, -0.2) is 27.3 Å². The Morgan fingerprint density at radius 1 is 0.941 bits per heavy atom. The fourth-order valence-electron chi connectivity index (χ4n) is 1.66. The summed E-state index contributed by atoms with van der Waals surface area (Å²) in [4.78, 5) is 21.9. The van der Waals surface area contributed by atoms with Gasteiger partial charge in [-0.25, -0.2) is 9.59 Å². The molecular formula is C12H8O5. The van der Waals surface area contributed by atoms with Gasteiger partial charge in [0.25, 0.3) is 0 Å². The molecule has 86 valence electrons. The predicted octanol–water partition coefficient (Wildman–Crippen LogP) is 1.94. The Morgan fingerprint density at radius 2 is 1.65 bits per heavy atom. The lowest BCUT2D eigenvalue weighted by Gasteiger charge is -2.05. The van der Waals surface area contributed by atoms with Crippen molar-refractivity contribution in [1.82, 2.24) is 0 Å². The molecule has 0 aromatic heterocycles. The maximum atomic E-state index is 11.0. The van der Waals surface area contributed by atoms with Crippen LogP contribution in [0.1, 0.15) is 20.7 Å². The summed E-state index contributed by atoms with van der Waals surface area (Å²) in [5.74, 6) is -2.46. The van der Waals surface area contributed by atoms with Gasteiger partial charge in [0.1, 0.15) is 5.75 Å². The number of aromatic carboxylic acids is 2. The van der Waals surface area contributed by atoms with E-state index in [4.69, 9.17) is 10.2 Å². The van der Waals surface area contributed by atoms with E-state index in [0.717, 1.165) is 6.07 Å². The normalized spacial score (nSPS) is 10.4. The fourth-order valence-corrected chi connectivity index (χ4v) is 1.66. The molecule has 0 spiro atoms. The van der Waals surface area contributed by atoms with Gasteiger partial charge < -0.3 is 15.3 Å². The highest BCUT2D eigenvalue weighted by Gasteiger charge is 2.13. The number of phenolic OH excluding ortho intramolecular Hbond substituents is 1. The third-order valence-corrected chi connectivity index (χ3v) is 2.41. The number of aromatic hydroxyl groups is 1. The van der Waals surface area contributed by atoms with E-state index in [1.807, 2.05) is 0 Å². The van der Waals surface area contributed by atoms with Gasteiger partial charge in [-0.15, -0.1) is 0 Å². The largest absolute Gasteiger partial charge is 0.508 e. The molecule has 0 saturated heterocycles. The molecule has 0 aliphatic carbocycles. The molecule has 17 heavy (non-hydrogen) atoms. The van der Waals surface area contributed by atoms with Crippen LogP contribution in [0.3, 0.4) is 0 Å². The average molecular weight is 232 g/mol. The van der Waals surface area contributed by atoms with Crippen LogP contribution in [0.5, 0.6) is 5.75 Å². The number of rotatable bonds is 2. The van der Waals surface area contributed by atoms with Gasteiger partial charge in [0.15, 0.2) is 0 Å². The van der Waals surface area contributed by atoms with Gasteiger partial charge in [0.05, 0.1) is 11.1 Å². The lowest BCUT2D eigenvalue weighted by molar-refractivity contribution is 0.0696. The number of hydrogen-bond acceptors (Lipinski definition) is 3. The molecule has 0 amide bonds. The quantitative estimate of drug-likeness (QED) is 0.735. The molecular weight excluding hydrogens is 224 g/mol. The molecule has 2 aromatic carbocycles. The third-order valence-electron chi connectivity index (χ3n) is 2.41. The molecule has 5 heteroatoms. The zero-order chi connectivity index (χ0) is 12.6. The first kappa shape index (κ1) is 10.9. The Morgan fingerprint density at radius 3 is 2.24 bits per heavy atom. The number of phenols is 1. The van der Waals surface area contributed by atoms with E-state index in [2.05, 4.69) is 0 Å². The Bertz CT molecular complexity index is 630. The summed E-state index contributed by atoms with van der Waals surface area (Å²) < 4.78 is 0. The van der Waals surface area contributed by atoms with Crippen molar-refractivity contribution in [1.29, 1.82) is 0 Å². The molecule has 0 aliphatic heterocycles. The molecule has 0 fully saturated rings. The van der Waals surface area contributed by atoms with Gasteiger partial charge >= 0.3 is 11.9 Å². The minimum absolute atomic E-state index is 0.0450. The highest BCUT2D eigenvalue weighted by atomic mass is 16.4. The number of carboxylic acids is 2. The summed E-state index contributed by atoms with van der Waals surface area (Å²) in [5, 5.41) is 27.9. The number of benzene rings is 2. The van der Waals surface area contributed by atoms with E-state index < -0.39 is 11.9 Å². The van der Waals surface area contributed by atoms with Crippen molar-refractivity contribution in [3.05, 3.63) is 41.5 Å². The zero-order valence-electron chi connectivity index (χ0n) is 8.54. The molecule has 2 rings (SSSR count). The van der Waals surface area contributed by atoms with Gasteiger partial charge in [-0.3, -0.25) is 0 Å². The molecule has 0 bridgehead atoms. The first-order valence-electron chi connectivity index (χ1n) is 4.72. The van der Waals surface area contributed by atoms with Crippen molar-refractivity contribution in [2.75, 3.05) is 0 Å². The smallest absolute Gasteiger partial charge is 0.336 e. The molecule has 0 saturated carbocycles. The fraction of sp³-hybridized carbons (Fsp3) is 0. The van der Waals surface area contributed by atoms with Crippen molar-refractivity contribution in [2.24, 2.45) is 0 Å². The second kappa shape index (κ2) is 3.79. The van der Waals surface area contributed by atoms with Crippen LogP contribution in [0.4, 0.5) is 0 Å². The summed E-state index contributed by atoms with van der Waals surface area (Å²) >= 11 is 0. The number of carbonyl (C=O) groups is 2. The van der Waals surface area contributed by atoms with Crippen molar-refractivity contribution < 1.29 is 24.9 Å². The molecule has 2 aromatic rings. The lowest BCUT2D eigenvalue weighted by atomic mass is 10.0. The molecule has 5 nitrogen and oxygen atoms in total. The zero-order valence-corrected chi connectivity index (χ0v) is 8.54. The van der Waals surface area contributed by atoms with E-state index in [9.17, 15) is 14.7 Å². The van der Waals surface area contributed by atoms with Gasteiger partial charge in [-0.05, 0) is 41.1 Å². The van der Waals surface area contributed by atoms with Crippen molar-refractivity contribution in [3.63, 3.8) is 0 Å². The number of carboxylic acid groups (broad SMARTS) is 2. The first-order chi connectivity index (χ1) is 7.99. The van der Waals surface area contributed by atoms with Crippen LogP contribution >= 0.6 is 0 Å². The molecule has 0 radical (unpaired) electrons. The third kappa shape index (κ3) is 1.90. The van der Waals surface area contributed by atoms with Crippen LogP contribution < -0.4 is 0 Å². The second-order valence-electron chi connectivity index (χ2n) is 3.54. The Balaban J connectivity index is 2.85. The second-order valence-corrected chi connectivity index (χ2v) is 3.54. The minimum atomic E-state index is -1.21. The van der Waals surface area contributed by atoms with Crippen molar-refractivity contribution in [2.45, 2.75) is 0 Å². The molecule has 0 heterocycles. The van der Waals surface area contributed by atoms with Gasteiger partial charge in [-0.2, -0.15) is 0 Å². The molecule has 3 N–H and O–H groups in total. The maximum absolute atomic E-state index is 11.0. The van der Waals surface area contributed by atoms with E-state index in [0.29, 0.717) is 10.8 Å². The van der Waals surface area contributed by atoms with E-state index in [-0.39, 0.29) is 16.9 Å². The van der Waals surface area contributed by atoms with Crippen molar-refractivity contribution >= 4 is 22.7 Å². The van der Waals surface area contributed by atoms with Gasteiger partial charge in [0.2, 0.25) is 0 Å². The Kier molecular flexibility index (Phi) is 2.44. The van der Waals surface area contributed by atoms with Crippen LogP contribution in [0.2, 0.25) is 0 Å². The minimum Gasteiger partial charge on any atom is -0.508 e. The van der Waals surface area contributed by atoms with Crippen LogP contribution in [0, 0.1) is 0 Å². The lowest BCUT2D eigenvalue weighted by Crippen LogP contribution is -2.03. The highest BCUT2D eigenvalue weighted by Crippen LogP contribution is 2.25. The first-order valence-corrected chi connectivity index (χ1v) is 4.72. The summed E-state index contributed by atoms with van der Waals surface area (Å²) in [5.41, 5.74) is -0.222. The molecule has 0 unspecified atom stereocenters. The Labute approximate surface area is 95.5 Å². The van der Waals surface area contributed by atoms with Gasteiger partial charge in [0, 0.05) is 0 Å². The van der Waals surface area contributed by atoms with Crippen LogP contribution in [0.15, 0.2) is 30.3 Å². The monoisotopic (exact) mass is 232 g/mol. The summed E-state index contributed by atoms with van der Waals surface area (Å²) in [6.45, 7) is 0. The van der Waals surface area contributed by atoms with E-state index in [1.165, 1.54) is 24.3 Å². The average Bonchev–Trinajstić information content (AvgIpc) is 2.26. The standard InChI is InChI=1S/C12H8O5/c13-8-1-2-9-6(4-8)3-7(11(14)15)5-10(9)12(16)17/h1-5,13H,(H,14,15)(H,16,17). The molecule has 0 aliphatic rings. The summed E-state index contributed by atoms with van der Waals surface area (Å²) in [6, 6.07) is 6.55. The molecule has 0 atom stereocenters. The van der Waals surface area contributed by atoms with Crippen molar-refractivity contribution in [3.8, 4) is 5.75 Å². The maximum Gasteiger partial charge on any atom is 0.336 e. The van der Waals surface area contributed by atoms with E-state index >= 15 is 0 Å².